The average molecular weight is 225 g/mol. The van der Waals surface area contributed by atoms with Gasteiger partial charge in [-0.1, -0.05) is 25.4 Å². The van der Waals surface area contributed by atoms with Crippen LogP contribution in [0.25, 0.3) is 0 Å². The molecule has 3 heteroatoms. The molecule has 1 rings (SSSR count). The molecule has 0 aliphatic heterocycles. The summed E-state index contributed by atoms with van der Waals surface area (Å²) in [5, 5.41) is 5.03. The number of hydrogen-bond acceptors (Lipinski definition) is 2. The van der Waals surface area contributed by atoms with E-state index in [-0.39, 0.29) is 0 Å². The monoisotopic (exact) mass is 224 g/mol. The van der Waals surface area contributed by atoms with Gasteiger partial charge in [0.15, 0.2) is 0 Å². The number of nitrogens with one attached hydrogen (secondary N) is 1. The average Bonchev–Trinajstić information content (AvgIpc) is 2.16. The highest BCUT2D eigenvalue weighted by molar-refractivity contribution is 6.30. The summed E-state index contributed by atoms with van der Waals surface area (Å²) in [6.07, 6.45) is 1.01. The standard InChI is InChI=1S/C12H17ClN2/c1-9(2)8-10(3)14-15-12-6-4-11(13)5-7-12/h4-7,9,15H,8H2,1-3H3/b14-10-. The second kappa shape index (κ2) is 5.76. The van der Waals surface area contributed by atoms with E-state index in [1.807, 2.05) is 31.2 Å². The van der Waals surface area contributed by atoms with Gasteiger partial charge in [0.2, 0.25) is 0 Å². The lowest BCUT2D eigenvalue weighted by molar-refractivity contribution is 0.682. The quantitative estimate of drug-likeness (QED) is 0.602. The molecule has 0 aliphatic carbocycles. The predicted octanol–water partition coefficient (Wildman–Crippen LogP) is 4.17. The summed E-state index contributed by atoms with van der Waals surface area (Å²) in [7, 11) is 0. The first-order chi connectivity index (χ1) is 7.08. The fourth-order valence-corrected chi connectivity index (χ4v) is 1.45. The second-order valence-electron chi connectivity index (χ2n) is 4.06. The SMILES string of the molecule is C/C(CC(C)C)=N/Nc1ccc(Cl)cc1. The molecule has 15 heavy (non-hydrogen) atoms. The third-order valence-electron chi connectivity index (χ3n) is 1.92. The normalized spacial score (nSPS) is 11.9. The first kappa shape index (κ1) is 12.1. The zero-order valence-corrected chi connectivity index (χ0v) is 10.2. The second-order valence-corrected chi connectivity index (χ2v) is 4.50. The van der Waals surface area contributed by atoms with Gasteiger partial charge in [-0.3, -0.25) is 5.43 Å². The van der Waals surface area contributed by atoms with Crippen LogP contribution in [0.1, 0.15) is 27.2 Å². The molecule has 0 spiro atoms. The van der Waals surface area contributed by atoms with Crippen LogP contribution in [-0.2, 0) is 0 Å². The van der Waals surface area contributed by atoms with E-state index in [4.69, 9.17) is 11.6 Å². The summed E-state index contributed by atoms with van der Waals surface area (Å²) < 4.78 is 0. The van der Waals surface area contributed by atoms with Crippen molar-refractivity contribution in [3.05, 3.63) is 29.3 Å². The van der Waals surface area contributed by atoms with Crippen molar-refractivity contribution in [2.24, 2.45) is 11.0 Å². The van der Waals surface area contributed by atoms with Crippen LogP contribution in [0.4, 0.5) is 5.69 Å². The zero-order chi connectivity index (χ0) is 11.3. The third kappa shape index (κ3) is 4.84. The van der Waals surface area contributed by atoms with Crippen molar-refractivity contribution in [3.8, 4) is 0 Å². The molecule has 0 saturated heterocycles. The Morgan fingerprint density at radius 2 is 1.93 bits per heavy atom. The molecule has 0 amide bonds. The molecule has 0 saturated carbocycles. The first-order valence-electron chi connectivity index (χ1n) is 5.12. The number of rotatable bonds is 4. The van der Waals surface area contributed by atoms with E-state index in [1.54, 1.807) is 0 Å². The number of halogens is 1. The number of nitrogens with zero attached hydrogens (tertiary/aromatic N) is 1. The Bertz CT molecular complexity index is 328. The lowest BCUT2D eigenvalue weighted by Gasteiger charge is -2.05. The highest BCUT2D eigenvalue weighted by Gasteiger charge is 1.97. The predicted molar refractivity (Wildman–Crippen MR) is 67.6 cm³/mol. The van der Waals surface area contributed by atoms with Crippen LogP contribution in [0.2, 0.25) is 5.02 Å². The zero-order valence-electron chi connectivity index (χ0n) is 9.42. The Kier molecular flexibility index (Phi) is 4.63. The van der Waals surface area contributed by atoms with Crippen LogP contribution >= 0.6 is 11.6 Å². The maximum absolute atomic E-state index is 5.78. The smallest absolute Gasteiger partial charge is 0.0562 e. The molecule has 0 unspecified atom stereocenters. The lowest BCUT2D eigenvalue weighted by Crippen LogP contribution is -2.01. The first-order valence-corrected chi connectivity index (χ1v) is 5.50. The topological polar surface area (TPSA) is 24.4 Å². The summed E-state index contributed by atoms with van der Waals surface area (Å²) in [4.78, 5) is 0. The number of benzene rings is 1. The molecule has 1 aromatic carbocycles. The van der Waals surface area contributed by atoms with E-state index in [0.29, 0.717) is 5.92 Å². The molecule has 0 aromatic heterocycles. The molecule has 2 nitrogen and oxygen atoms in total. The highest BCUT2D eigenvalue weighted by Crippen LogP contribution is 2.13. The van der Waals surface area contributed by atoms with E-state index >= 15 is 0 Å². The van der Waals surface area contributed by atoms with Gasteiger partial charge >= 0.3 is 0 Å². The van der Waals surface area contributed by atoms with Gasteiger partial charge in [0.25, 0.3) is 0 Å². The largest absolute Gasteiger partial charge is 0.279 e. The summed E-state index contributed by atoms with van der Waals surface area (Å²) >= 11 is 5.78. The van der Waals surface area contributed by atoms with E-state index in [2.05, 4.69) is 24.4 Å². The van der Waals surface area contributed by atoms with Gasteiger partial charge in [0, 0.05) is 10.7 Å². The number of hydrazone groups is 1. The van der Waals surface area contributed by atoms with Crippen molar-refractivity contribution in [3.63, 3.8) is 0 Å². The van der Waals surface area contributed by atoms with Gasteiger partial charge in [0.05, 0.1) is 5.69 Å². The van der Waals surface area contributed by atoms with Crippen molar-refractivity contribution < 1.29 is 0 Å². The van der Waals surface area contributed by atoms with Crippen molar-refractivity contribution >= 4 is 23.0 Å². The Labute approximate surface area is 96.3 Å². The van der Waals surface area contributed by atoms with Gasteiger partial charge in [-0.2, -0.15) is 5.10 Å². The van der Waals surface area contributed by atoms with E-state index < -0.39 is 0 Å². The molecular weight excluding hydrogens is 208 g/mol. The van der Waals surface area contributed by atoms with Gasteiger partial charge in [-0.15, -0.1) is 0 Å². The fraction of sp³-hybridized carbons (Fsp3) is 0.417. The fourth-order valence-electron chi connectivity index (χ4n) is 1.32. The summed E-state index contributed by atoms with van der Waals surface area (Å²) in [6, 6.07) is 7.51. The summed E-state index contributed by atoms with van der Waals surface area (Å²) in [5.74, 6) is 0.640. The molecule has 0 heterocycles. The van der Waals surface area contributed by atoms with Crippen molar-refractivity contribution in [2.75, 3.05) is 5.43 Å². The Morgan fingerprint density at radius 3 is 2.47 bits per heavy atom. The highest BCUT2D eigenvalue weighted by atomic mass is 35.5. The molecular formula is C12H17ClN2. The van der Waals surface area contributed by atoms with Crippen LogP contribution in [0.3, 0.4) is 0 Å². The van der Waals surface area contributed by atoms with Crippen molar-refractivity contribution in [1.82, 2.24) is 0 Å². The van der Waals surface area contributed by atoms with Crippen LogP contribution in [-0.4, -0.2) is 5.71 Å². The van der Waals surface area contributed by atoms with Crippen molar-refractivity contribution in [2.45, 2.75) is 27.2 Å². The van der Waals surface area contributed by atoms with E-state index in [9.17, 15) is 0 Å². The van der Waals surface area contributed by atoms with Crippen LogP contribution < -0.4 is 5.43 Å². The minimum absolute atomic E-state index is 0.640. The van der Waals surface area contributed by atoms with Gasteiger partial charge in [0.1, 0.15) is 0 Å². The summed E-state index contributed by atoms with van der Waals surface area (Å²) in [5.41, 5.74) is 5.08. The molecule has 0 aliphatic rings. The molecule has 1 aromatic rings. The van der Waals surface area contributed by atoms with Gasteiger partial charge < -0.3 is 0 Å². The van der Waals surface area contributed by atoms with E-state index in [0.717, 1.165) is 22.8 Å². The third-order valence-corrected chi connectivity index (χ3v) is 2.18. The van der Waals surface area contributed by atoms with Crippen molar-refractivity contribution in [1.29, 1.82) is 0 Å². The van der Waals surface area contributed by atoms with Crippen LogP contribution in [0.15, 0.2) is 29.4 Å². The van der Waals surface area contributed by atoms with E-state index in [1.165, 1.54) is 0 Å². The maximum atomic E-state index is 5.78. The molecule has 0 atom stereocenters. The number of anilines is 1. The van der Waals surface area contributed by atoms with Crippen LogP contribution in [0, 0.1) is 5.92 Å². The van der Waals surface area contributed by atoms with Gasteiger partial charge in [-0.05, 0) is 43.5 Å². The van der Waals surface area contributed by atoms with Crippen LogP contribution in [0.5, 0.6) is 0 Å². The minimum atomic E-state index is 0.640. The number of hydrogen-bond donors (Lipinski definition) is 1. The molecule has 1 N–H and O–H groups in total. The Morgan fingerprint density at radius 1 is 1.33 bits per heavy atom. The molecule has 0 radical (unpaired) electrons. The Hall–Kier alpha value is -1.02. The minimum Gasteiger partial charge on any atom is -0.279 e. The molecule has 0 bridgehead atoms. The molecule has 82 valence electrons. The lowest BCUT2D eigenvalue weighted by atomic mass is 10.1. The van der Waals surface area contributed by atoms with Gasteiger partial charge in [-0.25, -0.2) is 0 Å². The Balaban J connectivity index is 2.52. The molecule has 0 fully saturated rings. The summed E-state index contributed by atoms with van der Waals surface area (Å²) in [6.45, 7) is 6.39. The maximum Gasteiger partial charge on any atom is 0.0562 e.